The van der Waals surface area contributed by atoms with Crippen molar-refractivity contribution in [2.75, 3.05) is 6.61 Å². The van der Waals surface area contributed by atoms with Gasteiger partial charge in [0.25, 0.3) is 0 Å². The Balaban J connectivity index is 1.95. The second-order valence-electron chi connectivity index (χ2n) is 5.07. The number of aryl methyl sites for hydroxylation is 1. The van der Waals surface area contributed by atoms with Gasteiger partial charge in [0.1, 0.15) is 0 Å². The fourth-order valence-electron chi connectivity index (χ4n) is 2.35. The molecule has 0 amide bonds. The smallest absolute Gasteiger partial charge is 0.221 e. The second kappa shape index (κ2) is 6.54. The van der Waals surface area contributed by atoms with E-state index < -0.39 is 6.29 Å². The Hall–Kier alpha value is -1.14. The van der Waals surface area contributed by atoms with E-state index in [1.165, 1.54) is 0 Å². The molecule has 5 nitrogen and oxygen atoms in total. The van der Waals surface area contributed by atoms with Gasteiger partial charge >= 0.3 is 0 Å². The highest BCUT2D eigenvalue weighted by Crippen LogP contribution is 2.32. The summed E-state index contributed by atoms with van der Waals surface area (Å²) in [7, 11) is 0. The zero-order chi connectivity index (χ0) is 15.7. The number of hydrogen-bond acceptors (Lipinski definition) is 4. The molecule has 2 aromatic rings. The molecule has 1 aromatic heterocycles. The number of rotatable bonds is 4. The minimum Gasteiger partial charge on any atom is -0.343 e. The van der Waals surface area contributed by atoms with Crippen LogP contribution < -0.4 is 0 Å². The van der Waals surface area contributed by atoms with Crippen molar-refractivity contribution < 1.29 is 9.47 Å². The summed E-state index contributed by atoms with van der Waals surface area (Å²) in [6.45, 7) is 5.30. The molecule has 0 aliphatic carbocycles. The fourth-order valence-corrected chi connectivity index (χ4v) is 2.84. The molecule has 118 valence electrons. The van der Waals surface area contributed by atoms with Crippen LogP contribution in [0.25, 0.3) is 11.4 Å². The second-order valence-corrected chi connectivity index (χ2v) is 5.91. The van der Waals surface area contributed by atoms with E-state index in [4.69, 9.17) is 32.7 Å². The molecule has 0 spiro atoms. The van der Waals surface area contributed by atoms with Crippen LogP contribution in [0.5, 0.6) is 0 Å². The number of benzene rings is 1. The lowest BCUT2D eigenvalue weighted by Gasteiger charge is -2.05. The highest BCUT2D eigenvalue weighted by atomic mass is 35.5. The molecule has 1 aromatic carbocycles. The van der Waals surface area contributed by atoms with E-state index in [9.17, 15) is 0 Å². The first-order valence-corrected chi connectivity index (χ1v) is 8.05. The van der Waals surface area contributed by atoms with Gasteiger partial charge in [-0.25, -0.2) is 9.67 Å². The van der Waals surface area contributed by atoms with E-state index in [-0.39, 0.29) is 6.10 Å². The van der Waals surface area contributed by atoms with E-state index in [2.05, 4.69) is 17.0 Å². The molecule has 0 bridgehead atoms. The minimum absolute atomic E-state index is 0.0983. The first-order chi connectivity index (χ1) is 10.6. The van der Waals surface area contributed by atoms with E-state index >= 15 is 0 Å². The number of nitrogens with zero attached hydrogens (tertiary/aromatic N) is 3. The van der Waals surface area contributed by atoms with E-state index in [1.54, 1.807) is 16.8 Å². The molecule has 2 unspecified atom stereocenters. The van der Waals surface area contributed by atoms with Crippen LogP contribution in [0.4, 0.5) is 0 Å². The number of hydrogen-bond donors (Lipinski definition) is 0. The SMILES string of the molecule is CCC1COC(c2nc(-c3ccc(Cl)cc3Cl)n(CC)n2)O1. The summed E-state index contributed by atoms with van der Waals surface area (Å²) in [5, 5.41) is 5.61. The van der Waals surface area contributed by atoms with Crippen molar-refractivity contribution in [3.8, 4) is 11.4 Å². The molecule has 1 fully saturated rings. The van der Waals surface area contributed by atoms with Gasteiger partial charge in [-0.1, -0.05) is 30.1 Å². The maximum atomic E-state index is 6.28. The molecule has 1 aliphatic rings. The molecule has 2 atom stereocenters. The molecule has 0 radical (unpaired) electrons. The van der Waals surface area contributed by atoms with Gasteiger partial charge in [0.05, 0.1) is 17.7 Å². The summed E-state index contributed by atoms with van der Waals surface area (Å²) in [5.74, 6) is 1.21. The molecule has 7 heteroatoms. The zero-order valence-electron chi connectivity index (χ0n) is 12.4. The Morgan fingerprint density at radius 2 is 2.14 bits per heavy atom. The maximum Gasteiger partial charge on any atom is 0.221 e. The predicted molar refractivity (Wildman–Crippen MR) is 85.0 cm³/mol. The Kier molecular flexibility index (Phi) is 4.68. The summed E-state index contributed by atoms with van der Waals surface area (Å²) in [5.41, 5.74) is 0.789. The molecule has 0 saturated carbocycles. The maximum absolute atomic E-state index is 6.28. The monoisotopic (exact) mass is 341 g/mol. The predicted octanol–water partition coefficient (Wildman–Crippen LogP) is 4.10. The number of halogens is 2. The van der Waals surface area contributed by atoms with Crippen LogP contribution in [0.2, 0.25) is 10.0 Å². The van der Waals surface area contributed by atoms with Gasteiger partial charge in [0.15, 0.2) is 5.82 Å². The number of aromatic nitrogens is 3. The standard InChI is InChI=1S/C15H17Cl2N3O2/c1-3-10-8-21-15(22-10)13-18-14(20(4-2)19-13)11-6-5-9(16)7-12(11)17/h5-7,10,15H,3-4,8H2,1-2H3. The van der Waals surface area contributed by atoms with Crippen LogP contribution in [0, 0.1) is 0 Å². The lowest BCUT2D eigenvalue weighted by Crippen LogP contribution is -2.08. The van der Waals surface area contributed by atoms with Gasteiger partial charge in [-0.15, -0.1) is 0 Å². The highest BCUT2D eigenvalue weighted by molar-refractivity contribution is 6.36. The summed E-state index contributed by atoms with van der Waals surface area (Å²) in [6.07, 6.45) is 0.490. The van der Waals surface area contributed by atoms with Crippen LogP contribution in [0.1, 0.15) is 32.4 Å². The van der Waals surface area contributed by atoms with Gasteiger partial charge in [-0.3, -0.25) is 0 Å². The third kappa shape index (κ3) is 2.99. The summed E-state index contributed by atoms with van der Waals surface area (Å²) < 4.78 is 13.2. The summed E-state index contributed by atoms with van der Waals surface area (Å²) in [4.78, 5) is 4.57. The van der Waals surface area contributed by atoms with Gasteiger partial charge in [0.2, 0.25) is 12.1 Å². The first kappa shape index (κ1) is 15.7. The third-order valence-electron chi connectivity index (χ3n) is 3.58. The highest BCUT2D eigenvalue weighted by Gasteiger charge is 2.30. The van der Waals surface area contributed by atoms with Crippen molar-refractivity contribution in [3.05, 3.63) is 34.1 Å². The fraction of sp³-hybridized carbons (Fsp3) is 0.467. The van der Waals surface area contributed by atoms with Crippen LogP contribution in [-0.4, -0.2) is 27.5 Å². The lowest BCUT2D eigenvalue weighted by atomic mass is 10.2. The van der Waals surface area contributed by atoms with Crippen LogP contribution in [0.3, 0.4) is 0 Å². The minimum atomic E-state index is -0.512. The van der Waals surface area contributed by atoms with Gasteiger partial charge < -0.3 is 9.47 Å². The van der Waals surface area contributed by atoms with Crippen LogP contribution in [-0.2, 0) is 16.0 Å². The molecule has 22 heavy (non-hydrogen) atoms. The van der Waals surface area contributed by atoms with E-state index in [0.717, 1.165) is 12.0 Å². The molecule has 0 N–H and O–H groups in total. The molecule has 2 heterocycles. The largest absolute Gasteiger partial charge is 0.343 e. The Morgan fingerprint density at radius 3 is 2.77 bits per heavy atom. The Labute approximate surface area is 139 Å². The number of ether oxygens (including phenoxy) is 2. The lowest BCUT2D eigenvalue weighted by molar-refractivity contribution is -0.0665. The molecule has 1 aliphatic heterocycles. The quantitative estimate of drug-likeness (QED) is 0.840. The van der Waals surface area contributed by atoms with Gasteiger partial charge in [0, 0.05) is 17.1 Å². The van der Waals surface area contributed by atoms with Crippen LogP contribution >= 0.6 is 23.2 Å². The van der Waals surface area contributed by atoms with Crippen molar-refractivity contribution in [2.45, 2.75) is 39.2 Å². The van der Waals surface area contributed by atoms with Crippen molar-refractivity contribution >= 4 is 23.2 Å². The molecule has 3 rings (SSSR count). The van der Waals surface area contributed by atoms with E-state index in [1.807, 2.05) is 13.0 Å². The summed E-state index contributed by atoms with van der Waals surface area (Å²) >= 11 is 12.2. The van der Waals surface area contributed by atoms with Crippen molar-refractivity contribution in [3.63, 3.8) is 0 Å². The third-order valence-corrected chi connectivity index (χ3v) is 4.12. The molecule has 1 saturated heterocycles. The summed E-state index contributed by atoms with van der Waals surface area (Å²) in [6, 6.07) is 5.32. The average molecular weight is 342 g/mol. The Bertz CT molecular complexity index is 675. The van der Waals surface area contributed by atoms with E-state index in [0.29, 0.717) is 34.8 Å². The van der Waals surface area contributed by atoms with Crippen LogP contribution in [0.15, 0.2) is 18.2 Å². The van der Waals surface area contributed by atoms with Crippen molar-refractivity contribution in [1.29, 1.82) is 0 Å². The van der Waals surface area contributed by atoms with Crippen molar-refractivity contribution in [2.24, 2.45) is 0 Å². The molecular formula is C15H17Cl2N3O2. The van der Waals surface area contributed by atoms with Gasteiger partial charge in [-0.05, 0) is 31.5 Å². The normalized spacial score (nSPS) is 21.5. The van der Waals surface area contributed by atoms with Crippen molar-refractivity contribution in [1.82, 2.24) is 14.8 Å². The average Bonchev–Trinajstić information content (AvgIpc) is 3.13. The first-order valence-electron chi connectivity index (χ1n) is 7.29. The Morgan fingerprint density at radius 1 is 1.32 bits per heavy atom. The van der Waals surface area contributed by atoms with Gasteiger partial charge in [-0.2, -0.15) is 5.10 Å². The zero-order valence-corrected chi connectivity index (χ0v) is 13.9. The topological polar surface area (TPSA) is 49.2 Å². The molecular weight excluding hydrogens is 325 g/mol.